The van der Waals surface area contributed by atoms with Crippen LogP contribution in [0.25, 0.3) is 0 Å². The highest BCUT2D eigenvalue weighted by Crippen LogP contribution is 2.27. The average molecular weight is 237 g/mol. The molecule has 0 amide bonds. The SMILES string of the molecule is C=C(C)Sc1nc(OCCCC)ccc1C. The van der Waals surface area contributed by atoms with Crippen LogP contribution in [0.4, 0.5) is 0 Å². The Labute approximate surface area is 102 Å². The van der Waals surface area contributed by atoms with Crippen molar-refractivity contribution in [1.29, 1.82) is 0 Å². The van der Waals surface area contributed by atoms with Crippen LogP contribution < -0.4 is 4.74 Å². The molecule has 1 aromatic heterocycles. The number of rotatable bonds is 6. The summed E-state index contributed by atoms with van der Waals surface area (Å²) in [5.41, 5.74) is 1.16. The van der Waals surface area contributed by atoms with Crippen LogP contribution in [-0.2, 0) is 0 Å². The van der Waals surface area contributed by atoms with Gasteiger partial charge in [0.15, 0.2) is 0 Å². The summed E-state index contributed by atoms with van der Waals surface area (Å²) in [5.74, 6) is 0.711. The highest BCUT2D eigenvalue weighted by Gasteiger charge is 2.04. The Balaban J connectivity index is 2.69. The van der Waals surface area contributed by atoms with Crippen LogP contribution in [0, 0.1) is 6.92 Å². The maximum atomic E-state index is 5.57. The lowest BCUT2D eigenvalue weighted by Crippen LogP contribution is -1.99. The van der Waals surface area contributed by atoms with E-state index in [1.54, 1.807) is 11.8 Å². The van der Waals surface area contributed by atoms with Crippen LogP contribution in [0.5, 0.6) is 5.88 Å². The number of aromatic nitrogens is 1. The van der Waals surface area contributed by atoms with E-state index in [1.807, 2.05) is 26.0 Å². The molecule has 0 aliphatic heterocycles. The molecule has 1 heterocycles. The normalized spacial score (nSPS) is 10.2. The zero-order chi connectivity index (χ0) is 12.0. The highest BCUT2D eigenvalue weighted by atomic mass is 32.2. The molecule has 88 valence electrons. The smallest absolute Gasteiger partial charge is 0.214 e. The van der Waals surface area contributed by atoms with Gasteiger partial charge in [0, 0.05) is 6.07 Å². The Bertz CT molecular complexity index is 363. The van der Waals surface area contributed by atoms with Crippen molar-refractivity contribution >= 4 is 11.8 Å². The second-order valence-corrected chi connectivity index (χ2v) is 5.07. The van der Waals surface area contributed by atoms with Gasteiger partial charge in [0.1, 0.15) is 5.03 Å². The molecule has 0 fully saturated rings. The van der Waals surface area contributed by atoms with E-state index in [2.05, 4.69) is 18.5 Å². The maximum Gasteiger partial charge on any atom is 0.214 e. The number of unbranched alkanes of at least 4 members (excludes halogenated alkanes) is 1. The van der Waals surface area contributed by atoms with E-state index in [9.17, 15) is 0 Å². The molecular weight excluding hydrogens is 218 g/mol. The number of allylic oxidation sites excluding steroid dienone is 1. The first-order valence-electron chi connectivity index (χ1n) is 5.57. The van der Waals surface area contributed by atoms with Crippen molar-refractivity contribution in [2.24, 2.45) is 0 Å². The molecule has 0 saturated carbocycles. The number of aryl methyl sites for hydroxylation is 1. The standard InChI is InChI=1S/C13H19NOS/c1-5-6-9-15-12-8-7-11(4)13(14-12)16-10(2)3/h7-8H,2,5-6,9H2,1,3-4H3. The van der Waals surface area contributed by atoms with Gasteiger partial charge >= 0.3 is 0 Å². The molecule has 0 radical (unpaired) electrons. The number of pyridine rings is 1. The van der Waals surface area contributed by atoms with E-state index in [4.69, 9.17) is 4.74 Å². The summed E-state index contributed by atoms with van der Waals surface area (Å²) >= 11 is 1.59. The molecule has 0 aliphatic rings. The van der Waals surface area contributed by atoms with Gasteiger partial charge in [0.05, 0.1) is 6.61 Å². The lowest BCUT2D eigenvalue weighted by atomic mass is 10.3. The molecule has 0 saturated heterocycles. The predicted molar refractivity (Wildman–Crippen MR) is 70.0 cm³/mol. The monoisotopic (exact) mass is 237 g/mol. The van der Waals surface area contributed by atoms with E-state index < -0.39 is 0 Å². The van der Waals surface area contributed by atoms with Gasteiger partial charge in [-0.15, -0.1) is 0 Å². The third-order valence-electron chi connectivity index (χ3n) is 2.04. The van der Waals surface area contributed by atoms with E-state index in [0.717, 1.165) is 34.9 Å². The zero-order valence-electron chi connectivity index (χ0n) is 10.2. The van der Waals surface area contributed by atoms with Gasteiger partial charge in [-0.05, 0) is 30.7 Å². The van der Waals surface area contributed by atoms with E-state index >= 15 is 0 Å². The fourth-order valence-corrected chi connectivity index (χ4v) is 1.86. The summed E-state index contributed by atoms with van der Waals surface area (Å²) in [4.78, 5) is 5.51. The van der Waals surface area contributed by atoms with Crippen LogP contribution in [0.1, 0.15) is 32.3 Å². The quantitative estimate of drug-likeness (QED) is 0.547. The van der Waals surface area contributed by atoms with Crippen molar-refractivity contribution in [3.8, 4) is 5.88 Å². The minimum atomic E-state index is 0.711. The molecule has 0 N–H and O–H groups in total. The highest BCUT2D eigenvalue weighted by molar-refractivity contribution is 8.03. The molecule has 3 heteroatoms. The van der Waals surface area contributed by atoms with Crippen molar-refractivity contribution in [3.05, 3.63) is 29.2 Å². The molecule has 1 rings (SSSR count). The average Bonchev–Trinajstić information content (AvgIpc) is 2.22. The van der Waals surface area contributed by atoms with Crippen LogP contribution in [0.3, 0.4) is 0 Å². The molecule has 0 aromatic carbocycles. The van der Waals surface area contributed by atoms with E-state index in [-0.39, 0.29) is 0 Å². The fourth-order valence-electron chi connectivity index (χ4n) is 1.16. The molecular formula is C13H19NOS. The van der Waals surface area contributed by atoms with E-state index in [1.165, 1.54) is 0 Å². The fraction of sp³-hybridized carbons (Fsp3) is 0.462. The Morgan fingerprint density at radius 1 is 1.50 bits per heavy atom. The van der Waals surface area contributed by atoms with Gasteiger partial charge in [-0.3, -0.25) is 0 Å². The Hall–Kier alpha value is -0.960. The van der Waals surface area contributed by atoms with Crippen molar-refractivity contribution < 1.29 is 4.74 Å². The number of nitrogens with zero attached hydrogens (tertiary/aromatic N) is 1. The van der Waals surface area contributed by atoms with Crippen LogP contribution in [-0.4, -0.2) is 11.6 Å². The van der Waals surface area contributed by atoms with Crippen molar-refractivity contribution in [3.63, 3.8) is 0 Å². The van der Waals surface area contributed by atoms with Gasteiger partial charge in [0.2, 0.25) is 5.88 Å². The molecule has 0 unspecified atom stereocenters. The summed E-state index contributed by atoms with van der Waals surface area (Å²) in [7, 11) is 0. The molecule has 0 bridgehead atoms. The number of thioether (sulfide) groups is 1. The second kappa shape index (κ2) is 6.59. The van der Waals surface area contributed by atoms with Crippen molar-refractivity contribution in [2.75, 3.05) is 6.61 Å². The van der Waals surface area contributed by atoms with Gasteiger partial charge < -0.3 is 4.74 Å². The molecule has 2 nitrogen and oxygen atoms in total. The second-order valence-electron chi connectivity index (χ2n) is 3.78. The summed E-state index contributed by atoms with van der Waals surface area (Å²) in [6, 6.07) is 3.97. The zero-order valence-corrected chi connectivity index (χ0v) is 11.1. The molecule has 16 heavy (non-hydrogen) atoms. The number of hydrogen-bond acceptors (Lipinski definition) is 3. The van der Waals surface area contributed by atoms with Crippen LogP contribution >= 0.6 is 11.8 Å². The third kappa shape index (κ3) is 4.27. The summed E-state index contributed by atoms with van der Waals surface area (Å²) in [5, 5.41) is 0.987. The first-order valence-corrected chi connectivity index (χ1v) is 6.39. The minimum Gasteiger partial charge on any atom is -0.478 e. The summed E-state index contributed by atoms with van der Waals surface area (Å²) in [6.07, 6.45) is 2.21. The first kappa shape index (κ1) is 13.1. The van der Waals surface area contributed by atoms with Gasteiger partial charge in [-0.25, -0.2) is 4.98 Å². The summed E-state index contributed by atoms with van der Waals surface area (Å²) in [6.45, 7) is 10.8. The van der Waals surface area contributed by atoms with Crippen LogP contribution in [0.15, 0.2) is 28.6 Å². The third-order valence-corrected chi connectivity index (χ3v) is 3.00. The van der Waals surface area contributed by atoms with Gasteiger partial charge in [-0.2, -0.15) is 0 Å². The van der Waals surface area contributed by atoms with Crippen LogP contribution in [0.2, 0.25) is 0 Å². The molecule has 0 atom stereocenters. The van der Waals surface area contributed by atoms with Crippen molar-refractivity contribution in [1.82, 2.24) is 4.98 Å². The largest absolute Gasteiger partial charge is 0.478 e. The summed E-state index contributed by atoms with van der Waals surface area (Å²) < 4.78 is 5.57. The Morgan fingerprint density at radius 2 is 2.25 bits per heavy atom. The minimum absolute atomic E-state index is 0.711. The first-order chi connectivity index (χ1) is 7.63. The molecule has 1 aromatic rings. The maximum absolute atomic E-state index is 5.57. The van der Waals surface area contributed by atoms with Crippen molar-refractivity contribution in [2.45, 2.75) is 38.6 Å². The Kier molecular flexibility index (Phi) is 5.39. The lowest BCUT2D eigenvalue weighted by Gasteiger charge is -2.08. The van der Waals surface area contributed by atoms with E-state index in [0.29, 0.717) is 5.88 Å². The Morgan fingerprint density at radius 3 is 2.88 bits per heavy atom. The topological polar surface area (TPSA) is 22.1 Å². The predicted octanol–water partition coefficient (Wildman–Crippen LogP) is 4.19. The van der Waals surface area contributed by atoms with Gasteiger partial charge in [0.25, 0.3) is 0 Å². The van der Waals surface area contributed by atoms with Gasteiger partial charge in [-0.1, -0.05) is 37.8 Å². The lowest BCUT2D eigenvalue weighted by molar-refractivity contribution is 0.295. The molecule has 0 spiro atoms. The number of hydrogen-bond donors (Lipinski definition) is 0. The molecule has 0 aliphatic carbocycles. The number of ether oxygens (including phenoxy) is 1.